The highest BCUT2D eigenvalue weighted by Gasteiger charge is 2.46. The van der Waals surface area contributed by atoms with Crippen LogP contribution in [0.15, 0.2) is 54.1 Å². The van der Waals surface area contributed by atoms with Crippen molar-refractivity contribution < 1.29 is 23.8 Å². The minimum Gasteiger partial charge on any atom is -0.507 e. The van der Waals surface area contributed by atoms with Gasteiger partial charge in [0.25, 0.3) is 11.7 Å². The van der Waals surface area contributed by atoms with E-state index in [-0.39, 0.29) is 23.4 Å². The largest absolute Gasteiger partial charge is 0.507 e. The third-order valence-electron chi connectivity index (χ3n) is 5.34. The van der Waals surface area contributed by atoms with Gasteiger partial charge in [0.05, 0.1) is 18.2 Å². The molecule has 1 fully saturated rings. The number of halogens is 1. The Kier molecular flexibility index (Phi) is 7.64. The van der Waals surface area contributed by atoms with Gasteiger partial charge in [-0.2, -0.15) is 0 Å². The van der Waals surface area contributed by atoms with Gasteiger partial charge < -0.3 is 19.6 Å². The van der Waals surface area contributed by atoms with E-state index in [1.807, 2.05) is 25.9 Å². The molecular weight excluding hydrogens is 411 g/mol. The van der Waals surface area contributed by atoms with Crippen molar-refractivity contribution in [3.63, 3.8) is 0 Å². The van der Waals surface area contributed by atoms with Crippen LogP contribution in [0.4, 0.5) is 4.39 Å². The molecule has 0 bridgehead atoms. The van der Waals surface area contributed by atoms with E-state index in [1.54, 1.807) is 42.5 Å². The van der Waals surface area contributed by atoms with Crippen LogP contribution in [0.5, 0.6) is 5.75 Å². The first-order valence-corrected chi connectivity index (χ1v) is 10.8. The maximum Gasteiger partial charge on any atom is 0.295 e. The number of rotatable bonds is 9. The van der Waals surface area contributed by atoms with Crippen molar-refractivity contribution in [2.75, 3.05) is 33.8 Å². The van der Waals surface area contributed by atoms with Crippen LogP contribution in [-0.2, 0) is 9.59 Å². The average Bonchev–Trinajstić information content (AvgIpc) is 3.02. The molecule has 0 spiro atoms. The van der Waals surface area contributed by atoms with Gasteiger partial charge >= 0.3 is 0 Å². The Bertz CT molecular complexity index is 1000. The number of ether oxygens (including phenoxy) is 1. The summed E-state index contributed by atoms with van der Waals surface area (Å²) in [5.74, 6) is -1.77. The summed E-state index contributed by atoms with van der Waals surface area (Å²) in [5.41, 5.74) is 0.440. The topological polar surface area (TPSA) is 70.1 Å². The third-order valence-corrected chi connectivity index (χ3v) is 5.34. The van der Waals surface area contributed by atoms with Gasteiger partial charge in [0, 0.05) is 17.7 Å². The number of hydrogen-bond acceptors (Lipinski definition) is 5. The lowest BCUT2D eigenvalue weighted by molar-refractivity contribution is -0.140. The molecule has 1 heterocycles. The van der Waals surface area contributed by atoms with Crippen molar-refractivity contribution in [2.45, 2.75) is 25.8 Å². The highest BCUT2D eigenvalue weighted by atomic mass is 19.1. The normalized spacial score (nSPS) is 17.9. The summed E-state index contributed by atoms with van der Waals surface area (Å²) in [4.78, 5) is 29.2. The van der Waals surface area contributed by atoms with Crippen LogP contribution in [0, 0.1) is 5.82 Å². The standard InChI is InChI=1S/C25H29FN2O4/c1-4-16-32-18-12-10-17(11-13-18)23(29)21-22(19-8-5-6-9-20(19)26)28(25(31)24(21)30)15-7-14-27(2)3/h5-6,8-13,22,29H,4,7,14-16H2,1-3H3. The second-order valence-electron chi connectivity index (χ2n) is 8.04. The van der Waals surface area contributed by atoms with Crippen LogP contribution in [-0.4, -0.2) is 60.4 Å². The second kappa shape index (κ2) is 10.4. The van der Waals surface area contributed by atoms with Crippen LogP contribution in [0.3, 0.4) is 0 Å². The number of amides is 1. The summed E-state index contributed by atoms with van der Waals surface area (Å²) < 4.78 is 20.3. The smallest absolute Gasteiger partial charge is 0.295 e. The number of likely N-dealkylation sites (tertiary alicyclic amines) is 1. The van der Waals surface area contributed by atoms with Crippen molar-refractivity contribution >= 4 is 17.4 Å². The molecule has 1 atom stereocenters. The Morgan fingerprint density at radius 1 is 1.12 bits per heavy atom. The molecule has 1 unspecified atom stereocenters. The minimum atomic E-state index is -0.991. The summed E-state index contributed by atoms with van der Waals surface area (Å²) in [6, 6.07) is 11.7. The van der Waals surface area contributed by atoms with E-state index in [1.165, 1.54) is 11.0 Å². The molecular formula is C25H29FN2O4. The Morgan fingerprint density at radius 2 is 1.81 bits per heavy atom. The van der Waals surface area contributed by atoms with Crippen LogP contribution in [0.2, 0.25) is 0 Å². The summed E-state index contributed by atoms with van der Waals surface area (Å²) in [5, 5.41) is 11.0. The summed E-state index contributed by atoms with van der Waals surface area (Å²) in [6.07, 6.45) is 1.47. The van der Waals surface area contributed by atoms with Gasteiger partial charge in [0.1, 0.15) is 17.3 Å². The van der Waals surface area contributed by atoms with Gasteiger partial charge in [0.2, 0.25) is 0 Å². The van der Waals surface area contributed by atoms with E-state index in [0.29, 0.717) is 30.9 Å². The first kappa shape index (κ1) is 23.5. The summed E-state index contributed by atoms with van der Waals surface area (Å²) in [7, 11) is 3.83. The lowest BCUT2D eigenvalue weighted by Crippen LogP contribution is -2.32. The predicted octanol–water partition coefficient (Wildman–Crippen LogP) is 3.99. The molecule has 1 amide bonds. The Balaban J connectivity index is 2.03. The molecule has 0 radical (unpaired) electrons. The van der Waals surface area contributed by atoms with Crippen molar-refractivity contribution in [3.05, 3.63) is 71.0 Å². The number of aliphatic hydroxyl groups excluding tert-OH is 1. The molecule has 0 aromatic heterocycles. The summed E-state index contributed by atoms with van der Waals surface area (Å²) in [6.45, 7) is 3.53. The molecule has 170 valence electrons. The SMILES string of the molecule is CCCOc1ccc(C(O)=C2C(=O)C(=O)N(CCCN(C)C)C2c2ccccc2F)cc1. The van der Waals surface area contributed by atoms with E-state index in [2.05, 4.69) is 0 Å². The molecule has 7 heteroatoms. The lowest BCUT2D eigenvalue weighted by Gasteiger charge is -2.26. The van der Waals surface area contributed by atoms with Crippen molar-refractivity contribution in [1.29, 1.82) is 0 Å². The van der Waals surface area contributed by atoms with Crippen LogP contribution in [0.1, 0.15) is 36.9 Å². The minimum absolute atomic E-state index is 0.104. The fourth-order valence-electron chi connectivity index (χ4n) is 3.77. The molecule has 2 aromatic carbocycles. The van der Waals surface area contributed by atoms with Crippen LogP contribution < -0.4 is 4.74 Å². The van der Waals surface area contributed by atoms with Gasteiger partial charge in [0.15, 0.2) is 0 Å². The second-order valence-corrected chi connectivity index (χ2v) is 8.04. The van der Waals surface area contributed by atoms with Crippen molar-refractivity contribution in [1.82, 2.24) is 9.80 Å². The van der Waals surface area contributed by atoms with Gasteiger partial charge in [-0.25, -0.2) is 4.39 Å². The quantitative estimate of drug-likeness (QED) is 0.363. The van der Waals surface area contributed by atoms with E-state index < -0.39 is 23.5 Å². The first-order valence-electron chi connectivity index (χ1n) is 10.8. The van der Waals surface area contributed by atoms with E-state index in [9.17, 15) is 19.1 Å². The molecule has 6 nitrogen and oxygen atoms in total. The molecule has 3 rings (SSSR count). The van der Waals surface area contributed by atoms with Crippen molar-refractivity contribution in [2.24, 2.45) is 0 Å². The Hall–Kier alpha value is -3.19. The number of ketones is 1. The highest BCUT2D eigenvalue weighted by Crippen LogP contribution is 2.40. The molecule has 2 aromatic rings. The van der Waals surface area contributed by atoms with Gasteiger partial charge in [-0.15, -0.1) is 0 Å². The Morgan fingerprint density at radius 3 is 2.44 bits per heavy atom. The van der Waals surface area contributed by atoms with Gasteiger partial charge in [-0.05, 0) is 63.8 Å². The summed E-state index contributed by atoms with van der Waals surface area (Å²) >= 11 is 0. The highest BCUT2D eigenvalue weighted by molar-refractivity contribution is 6.46. The number of Topliss-reactive ketones (excluding diaryl/α,β-unsaturated/α-hetero) is 1. The van der Waals surface area contributed by atoms with Crippen LogP contribution >= 0.6 is 0 Å². The van der Waals surface area contributed by atoms with E-state index in [4.69, 9.17) is 4.74 Å². The number of benzene rings is 2. The number of aliphatic hydroxyl groups is 1. The first-order chi connectivity index (χ1) is 15.3. The van der Waals surface area contributed by atoms with Gasteiger partial charge in [-0.3, -0.25) is 9.59 Å². The number of nitrogens with zero attached hydrogens (tertiary/aromatic N) is 2. The molecule has 1 N–H and O–H groups in total. The molecule has 0 aliphatic carbocycles. The third kappa shape index (κ3) is 4.99. The number of hydrogen-bond donors (Lipinski definition) is 1. The molecule has 0 saturated carbocycles. The molecule has 32 heavy (non-hydrogen) atoms. The maximum absolute atomic E-state index is 14.8. The molecule has 1 aliphatic heterocycles. The monoisotopic (exact) mass is 440 g/mol. The zero-order valence-electron chi connectivity index (χ0n) is 18.7. The van der Waals surface area contributed by atoms with Gasteiger partial charge in [-0.1, -0.05) is 25.1 Å². The van der Waals surface area contributed by atoms with Crippen molar-refractivity contribution in [3.8, 4) is 5.75 Å². The average molecular weight is 441 g/mol. The molecule has 1 saturated heterocycles. The molecule has 1 aliphatic rings. The predicted molar refractivity (Wildman–Crippen MR) is 121 cm³/mol. The number of carbonyl (C=O) groups is 2. The maximum atomic E-state index is 14.8. The fraction of sp³-hybridized carbons (Fsp3) is 0.360. The zero-order valence-corrected chi connectivity index (χ0v) is 18.7. The van der Waals surface area contributed by atoms with Crippen LogP contribution in [0.25, 0.3) is 5.76 Å². The lowest BCUT2D eigenvalue weighted by atomic mass is 9.95. The fourth-order valence-corrected chi connectivity index (χ4v) is 3.77. The number of carbonyl (C=O) groups excluding carboxylic acids is 2. The van der Waals surface area contributed by atoms with E-state index >= 15 is 0 Å². The zero-order chi connectivity index (χ0) is 23.3. The Labute approximate surface area is 187 Å². The van der Waals surface area contributed by atoms with E-state index in [0.717, 1.165) is 6.42 Å².